The van der Waals surface area contributed by atoms with Crippen LogP contribution in [-0.4, -0.2) is 36.4 Å². The molecular weight excluding hydrogens is 368 g/mol. The van der Waals surface area contributed by atoms with Crippen molar-refractivity contribution < 1.29 is 23.7 Å². The van der Waals surface area contributed by atoms with E-state index in [1.54, 1.807) is 6.07 Å². The highest BCUT2D eigenvalue weighted by molar-refractivity contribution is 7.16. The number of carbonyl (C=O) groups excluding carboxylic acids is 1. The number of para-hydroxylation sites is 2. The van der Waals surface area contributed by atoms with Crippen LogP contribution in [-0.2, 0) is 11.8 Å². The Kier molecular flexibility index (Phi) is 3.78. The lowest BCUT2D eigenvalue weighted by Gasteiger charge is -2.23. The van der Waals surface area contributed by atoms with E-state index in [0.717, 1.165) is 10.2 Å². The molecule has 7 nitrogen and oxygen atoms in total. The fraction of sp³-hybridized carbons (Fsp3) is 0.263. The molecule has 8 heteroatoms. The van der Waals surface area contributed by atoms with Crippen molar-refractivity contribution in [2.45, 2.75) is 6.10 Å². The van der Waals surface area contributed by atoms with Gasteiger partial charge in [0.15, 0.2) is 27.8 Å². The molecule has 5 rings (SSSR count). The summed E-state index contributed by atoms with van der Waals surface area (Å²) < 4.78 is 25.5. The lowest BCUT2D eigenvalue weighted by molar-refractivity contribution is -0.127. The van der Waals surface area contributed by atoms with Crippen molar-refractivity contribution in [3.8, 4) is 23.0 Å². The van der Waals surface area contributed by atoms with E-state index in [9.17, 15) is 4.79 Å². The fourth-order valence-corrected chi connectivity index (χ4v) is 4.11. The van der Waals surface area contributed by atoms with Gasteiger partial charge in [0.2, 0.25) is 6.10 Å². The molecule has 0 bridgehead atoms. The third-order valence-electron chi connectivity index (χ3n) is 4.46. The van der Waals surface area contributed by atoms with Gasteiger partial charge in [0.05, 0.1) is 10.2 Å². The monoisotopic (exact) mass is 384 g/mol. The van der Waals surface area contributed by atoms with Crippen molar-refractivity contribution in [2.24, 2.45) is 12.0 Å². The third kappa shape index (κ3) is 2.82. The van der Waals surface area contributed by atoms with Crippen LogP contribution >= 0.6 is 11.3 Å². The smallest absolute Gasteiger partial charge is 0.292 e. The first-order chi connectivity index (χ1) is 13.2. The lowest BCUT2D eigenvalue weighted by atomic mass is 10.2. The van der Waals surface area contributed by atoms with Crippen LogP contribution in [0, 0.1) is 0 Å². The number of hydrogen-bond acceptors (Lipinski definition) is 6. The molecule has 0 aliphatic carbocycles. The highest BCUT2D eigenvalue weighted by Gasteiger charge is 2.27. The quantitative estimate of drug-likeness (QED) is 0.644. The van der Waals surface area contributed by atoms with E-state index in [-0.39, 0.29) is 12.5 Å². The van der Waals surface area contributed by atoms with Gasteiger partial charge in [-0.1, -0.05) is 23.5 Å². The molecule has 3 heterocycles. The van der Waals surface area contributed by atoms with Gasteiger partial charge < -0.3 is 23.5 Å². The van der Waals surface area contributed by atoms with Crippen LogP contribution in [0.15, 0.2) is 41.4 Å². The Balaban J connectivity index is 1.49. The summed E-state index contributed by atoms with van der Waals surface area (Å²) in [5, 5.41) is 0. The maximum atomic E-state index is 12.6. The van der Waals surface area contributed by atoms with E-state index in [1.807, 2.05) is 41.9 Å². The fourth-order valence-electron chi connectivity index (χ4n) is 3.08. The highest BCUT2D eigenvalue weighted by atomic mass is 32.1. The Morgan fingerprint density at radius 3 is 2.63 bits per heavy atom. The standard InChI is InChI=1S/C19H16N2O5S/c1-21-11-8-14-15(24-7-6-23-14)9-17(11)27-19(21)20-18(22)16-10-25-12-4-2-3-5-13(12)26-16/h2-5,8-9,16H,6-7,10H2,1H3. The minimum atomic E-state index is -0.759. The summed E-state index contributed by atoms with van der Waals surface area (Å²) in [6.45, 7) is 1.21. The Labute approximate surface area is 158 Å². The Bertz CT molecular complexity index is 1120. The third-order valence-corrected chi connectivity index (χ3v) is 5.56. The molecular formula is C19H16N2O5S. The van der Waals surface area contributed by atoms with Gasteiger partial charge in [-0.3, -0.25) is 4.79 Å². The minimum absolute atomic E-state index is 0.143. The summed E-state index contributed by atoms with van der Waals surface area (Å²) in [4.78, 5) is 17.5. The molecule has 2 aromatic carbocycles. The van der Waals surface area contributed by atoms with Crippen molar-refractivity contribution in [3.05, 3.63) is 41.2 Å². The average Bonchev–Trinajstić information content (AvgIpc) is 3.00. The van der Waals surface area contributed by atoms with E-state index in [1.165, 1.54) is 11.3 Å². The molecule has 0 fully saturated rings. The number of hydrogen-bond donors (Lipinski definition) is 0. The van der Waals surface area contributed by atoms with Gasteiger partial charge in [-0.05, 0) is 12.1 Å². The molecule has 0 saturated carbocycles. The van der Waals surface area contributed by atoms with Gasteiger partial charge in [-0.15, -0.1) is 0 Å². The zero-order valence-electron chi connectivity index (χ0n) is 14.5. The van der Waals surface area contributed by atoms with Crippen molar-refractivity contribution in [3.63, 3.8) is 0 Å². The zero-order valence-corrected chi connectivity index (χ0v) is 15.3. The molecule has 0 saturated heterocycles. The van der Waals surface area contributed by atoms with E-state index < -0.39 is 6.10 Å². The Hall–Kier alpha value is -3.00. The molecule has 0 N–H and O–H groups in total. The van der Waals surface area contributed by atoms with E-state index in [2.05, 4.69) is 4.99 Å². The number of ether oxygens (including phenoxy) is 4. The number of carbonyl (C=O) groups is 1. The van der Waals surface area contributed by atoms with Gasteiger partial charge in [0.25, 0.3) is 5.91 Å². The number of rotatable bonds is 1. The van der Waals surface area contributed by atoms with Crippen LogP contribution in [0.2, 0.25) is 0 Å². The number of aryl methyl sites for hydroxylation is 1. The van der Waals surface area contributed by atoms with Crippen molar-refractivity contribution in [2.75, 3.05) is 19.8 Å². The second kappa shape index (κ2) is 6.31. The van der Waals surface area contributed by atoms with Gasteiger partial charge in [0.1, 0.15) is 19.8 Å². The van der Waals surface area contributed by atoms with E-state index in [0.29, 0.717) is 41.0 Å². The number of benzene rings is 2. The molecule has 1 amide bonds. The number of nitrogens with zero attached hydrogens (tertiary/aromatic N) is 2. The Morgan fingerprint density at radius 1 is 1.07 bits per heavy atom. The Morgan fingerprint density at radius 2 is 1.81 bits per heavy atom. The second-order valence-corrected chi connectivity index (χ2v) is 7.23. The van der Waals surface area contributed by atoms with Crippen LogP contribution < -0.4 is 23.7 Å². The average molecular weight is 384 g/mol. The molecule has 2 aliphatic rings. The number of aromatic nitrogens is 1. The van der Waals surface area contributed by atoms with Crippen LogP contribution in [0.4, 0.5) is 0 Å². The van der Waals surface area contributed by atoms with Crippen molar-refractivity contribution >= 4 is 27.5 Å². The molecule has 0 spiro atoms. The van der Waals surface area contributed by atoms with Crippen LogP contribution in [0.1, 0.15) is 0 Å². The van der Waals surface area contributed by atoms with Crippen LogP contribution in [0.25, 0.3) is 10.2 Å². The van der Waals surface area contributed by atoms with Gasteiger partial charge in [-0.25, -0.2) is 0 Å². The molecule has 27 heavy (non-hydrogen) atoms. The molecule has 1 aromatic heterocycles. The first kappa shape index (κ1) is 16.2. The van der Waals surface area contributed by atoms with Crippen molar-refractivity contribution in [1.82, 2.24) is 4.57 Å². The maximum Gasteiger partial charge on any atom is 0.292 e. The molecule has 0 radical (unpaired) electrons. The topological polar surface area (TPSA) is 71.3 Å². The first-order valence-corrected chi connectivity index (χ1v) is 9.37. The van der Waals surface area contributed by atoms with E-state index in [4.69, 9.17) is 18.9 Å². The van der Waals surface area contributed by atoms with Crippen molar-refractivity contribution in [1.29, 1.82) is 0 Å². The number of fused-ring (bicyclic) bond motifs is 3. The van der Waals surface area contributed by atoms with Gasteiger partial charge >= 0.3 is 0 Å². The first-order valence-electron chi connectivity index (χ1n) is 8.55. The lowest BCUT2D eigenvalue weighted by Crippen LogP contribution is -2.36. The van der Waals surface area contributed by atoms with Crippen LogP contribution in [0.3, 0.4) is 0 Å². The van der Waals surface area contributed by atoms with Gasteiger partial charge in [-0.2, -0.15) is 4.99 Å². The zero-order chi connectivity index (χ0) is 18.4. The number of thiazole rings is 1. The molecule has 138 valence electrons. The summed E-state index contributed by atoms with van der Waals surface area (Å²) in [6, 6.07) is 11.1. The minimum Gasteiger partial charge on any atom is -0.486 e. The maximum absolute atomic E-state index is 12.6. The molecule has 1 atom stereocenters. The molecule has 1 unspecified atom stereocenters. The summed E-state index contributed by atoms with van der Waals surface area (Å²) >= 11 is 1.42. The largest absolute Gasteiger partial charge is 0.486 e. The summed E-state index contributed by atoms with van der Waals surface area (Å²) in [5.74, 6) is 2.25. The van der Waals surface area contributed by atoms with Crippen LogP contribution in [0.5, 0.6) is 23.0 Å². The summed E-state index contributed by atoms with van der Waals surface area (Å²) in [7, 11) is 1.87. The summed E-state index contributed by atoms with van der Waals surface area (Å²) in [5.41, 5.74) is 0.932. The van der Waals surface area contributed by atoms with E-state index >= 15 is 0 Å². The predicted octanol–water partition coefficient (Wildman–Crippen LogP) is 2.28. The van der Waals surface area contributed by atoms with Gasteiger partial charge in [0, 0.05) is 19.2 Å². The molecule has 2 aliphatic heterocycles. The highest BCUT2D eigenvalue weighted by Crippen LogP contribution is 2.35. The summed E-state index contributed by atoms with van der Waals surface area (Å²) in [6.07, 6.45) is -0.759. The number of amides is 1. The second-order valence-electron chi connectivity index (χ2n) is 6.22. The molecule has 3 aromatic rings. The predicted molar refractivity (Wildman–Crippen MR) is 98.7 cm³/mol. The normalized spacial score (nSPS) is 18.6. The SMILES string of the molecule is Cn1c(=NC(=O)C2COc3ccccc3O2)sc2cc3c(cc21)OCCO3.